The van der Waals surface area contributed by atoms with E-state index in [4.69, 9.17) is 19.9 Å². The van der Waals surface area contributed by atoms with Crippen molar-refractivity contribution in [1.29, 1.82) is 0 Å². The summed E-state index contributed by atoms with van der Waals surface area (Å²) in [5.41, 5.74) is 9.27. The van der Waals surface area contributed by atoms with E-state index in [9.17, 15) is 14.4 Å². The van der Waals surface area contributed by atoms with E-state index in [2.05, 4.69) is 72.2 Å². The molecule has 12 heteroatoms. The zero-order chi connectivity index (χ0) is 33.5. The second-order valence-electron chi connectivity index (χ2n) is 13.6. The minimum absolute atomic E-state index is 0. The Labute approximate surface area is 290 Å². The van der Waals surface area contributed by atoms with Crippen LogP contribution in [-0.4, -0.2) is 35.2 Å². The minimum atomic E-state index is -1.06. The van der Waals surface area contributed by atoms with Crippen LogP contribution in [0, 0.1) is 0 Å². The summed E-state index contributed by atoms with van der Waals surface area (Å²) in [6.45, 7) is 15.6. The Morgan fingerprint density at radius 2 is 1.13 bits per heavy atom. The lowest BCUT2D eigenvalue weighted by molar-refractivity contribution is -0.0294. The molecule has 0 spiro atoms. The molecule has 0 radical (unpaired) electrons. The smallest absolute Gasteiger partial charge is 0.444 e. The van der Waals surface area contributed by atoms with Crippen LogP contribution in [0.1, 0.15) is 109 Å². The van der Waals surface area contributed by atoms with Crippen LogP contribution < -0.4 is 11.1 Å². The van der Waals surface area contributed by atoms with Crippen molar-refractivity contribution in [3.63, 3.8) is 0 Å². The molecule has 0 aliphatic heterocycles. The normalized spacial score (nSPS) is 16.6. The molecule has 2 aromatic carbocycles. The third kappa shape index (κ3) is 15.7. The van der Waals surface area contributed by atoms with E-state index in [0.717, 1.165) is 34.6 Å². The van der Waals surface area contributed by atoms with Gasteiger partial charge in [0.2, 0.25) is 0 Å². The summed E-state index contributed by atoms with van der Waals surface area (Å²) in [5.74, 6) is 0. The Morgan fingerprint density at radius 3 is 1.60 bits per heavy atom. The Balaban J connectivity index is 0.000000343. The molecule has 2 aliphatic rings. The average Bonchev–Trinajstić information content (AvgIpc) is 3.38. The van der Waals surface area contributed by atoms with Gasteiger partial charge in [-0.25, -0.2) is 14.4 Å². The molecule has 1 amide bonds. The maximum absolute atomic E-state index is 11.7. The van der Waals surface area contributed by atoms with Gasteiger partial charge in [-0.05, 0) is 135 Å². The first-order chi connectivity index (χ1) is 20.1. The van der Waals surface area contributed by atoms with Crippen LogP contribution in [0.15, 0.2) is 45.3 Å². The van der Waals surface area contributed by atoms with Crippen molar-refractivity contribution < 1.29 is 33.3 Å². The maximum Gasteiger partial charge on any atom is 0.519 e. The van der Waals surface area contributed by atoms with Crippen LogP contribution in [0.5, 0.6) is 0 Å². The highest BCUT2D eigenvalue weighted by Gasteiger charge is 2.27. The van der Waals surface area contributed by atoms with Gasteiger partial charge in [0.25, 0.3) is 0 Å². The predicted molar refractivity (Wildman–Crippen MR) is 185 cm³/mol. The van der Waals surface area contributed by atoms with Gasteiger partial charge in [-0.15, -0.1) is 12.4 Å². The molecule has 0 aromatic heterocycles. The van der Waals surface area contributed by atoms with Gasteiger partial charge >= 0.3 is 18.4 Å². The second kappa shape index (κ2) is 17.0. The van der Waals surface area contributed by atoms with Crippen molar-refractivity contribution in [2.24, 2.45) is 5.73 Å². The number of benzene rings is 2. The Bertz CT molecular complexity index is 1290. The standard InChI is InChI=1S/C14H18BrNO2.C10H18O5.C9H10BrN.ClH/c1-14(2,3)18-13(17)16-12-7-4-9-8-10(15)5-6-11(9)12;1-9(2,3)14-7(11)13-8(12)15-10(4,5)6;10-7-2-3-8-6(5-7)1-4-9(8)11;/h5-6,8,12H,4,7H2,1-3H3,(H,16,17);1-6H3;2-3,5,9H,1,4,11H2;1H/t12-;;9-;/m1.1./s1. The summed E-state index contributed by atoms with van der Waals surface area (Å²) < 4.78 is 21.3. The van der Waals surface area contributed by atoms with E-state index in [0.29, 0.717) is 0 Å². The van der Waals surface area contributed by atoms with Gasteiger partial charge in [0, 0.05) is 15.0 Å². The van der Waals surface area contributed by atoms with Crippen LogP contribution in [-0.2, 0) is 31.8 Å². The topological polar surface area (TPSA) is 126 Å². The van der Waals surface area contributed by atoms with Crippen LogP contribution in [0.4, 0.5) is 14.4 Å². The molecule has 9 nitrogen and oxygen atoms in total. The fourth-order valence-corrected chi connectivity index (χ4v) is 5.23. The molecule has 0 unspecified atom stereocenters. The summed E-state index contributed by atoms with van der Waals surface area (Å²) in [7, 11) is 0. The molecular formula is C33H47Br2ClN2O7. The quantitative estimate of drug-likeness (QED) is 0.167. The fourth-order valence-electron chi connectivity index (χ4n) is 4.41. The number of halogens is 3. The number of hydrogen-bond acceptors (Lipinski definition) is 8. The van der Waals surface area contributed by atoms with Crippen LogP contribution >= 0.6 is 44.3 Å². The number of fused-ring (bicyclic) bond motifs is 2. The molecule has 2 atom stereocenters. The van der Waals surface area contributed by atoms with Gasteiger partial charge in [-0.3, -0.25) is 0 Å². The first-order valence-corrected chi connectivity index (χ1v) is 16.2. The number of nitrogens with two attached hydrogens (primary N) is 1. The maximum atomic E-state index is 11.7. The molecule has 4 rings (SSSR count). The van der Waals surface area contributed by atoms with Gasteiger partial charge in [-0.1, -0.05) is 44.0 Å². The number of carbonyl (C=O) groups is 3. The molecule has 252 valence electrons. The molecule has 2 aliphatic carbocycles. The van der Waals surface area contributed by atoms with Gasteiger partial charge in [-0.2, -0.15) is 0 Å². The van der Waals surface area contributed by atoms with E-state index in [1.54, 1.807) is 41.5 Å². The van der Waals surface area contributed by atoms with E-state index in [-0.39, 0.29) is 30.6 Å². The van der Waals surface area contributed by atoms with Crippen molar-refractivity contribution in [2.45, 2.75) is 117 Å². The summed E-state index contributed by atoms with van der Waals surface area (Å²) in [6.07, 6.45) is 1.71. The molecule has 45 heavy (non-hydrogen) atoms. The number of carbonyl (C=O) groups excluding carboxylic acids is 3. The van der Waals surface area contributed by atoms with Crippen molar-refractivity contribution in [3.05, 3.63) is 67.6 Å². The number of ether oxygens (including phenoxy) is 4. The third-order valence-corrected chi connectivity index (χ3v) is 7.04. The summed E-state index contributed by atoms with van der Waals surface area (Å²) >= 11 is 6.91. The summed E-state index contributed by atoms with van der Waals surface area (Å²) in [4.78, 5) is 33.8. The van der Waals surface area contributed by atoms with Gasteiger partial charge in [0.05, 0.1) is 6.04 Å². The van der Waals surface area contributed by atoms with Crippen LogP contribution in [0.25, 0.3) is 0 Å². The summed E-state index contributed by atoms with van der Waals surface area (Å²) in [6, 6.07) is 12.9. The number of alkyl carbamates (subject to hydrolysis) is 1. The Kier molecular flexibility index (Phi) is 15.4. The molecular weight excluding hydrogens is 732 g/mol. The van der Waals surface area contributed by atoms with Crippen LogP contribution in [0.2, 0.25) is 0 Å². The number of amides is 1. The third-order valence-electron chi connectivity index (χ3n) is 6.05. The van der Waals surface area contributed by atoms with E-state index in [1.165, 1.54) is 22.3 Å². The number of nitrogens with one attached hydrogen (secondary N) is 1. The molecule has 2 aromatic rings. The van der Waals surface area contributed by atoms with E-state index >= 15 is 0 Å². The number of aryl methyl sites for hydroxylation is 2. The lowest BCUT2D eigenvalue weighted by atomic mass is 10.1. The Morgan fingerprint density at radius 1 is 0.711 bits per heavy atom. The minimum Gasteiger partial charge on any atom is -0.444 e. The van der Waals surface area contributed by atoms with Gasteiger partial charge < -0.3 is 30.0 Å². The van der Waals surface area contributed by atoms with Crippen molar-refractivity contribution in [1.82, 2.24) is 5.32 Å². The zero-order valence-corrected chi connectivity index (χ0v) is 31.5. The summed E-state index contributed by atoms with van der Waals surface area (Å²) in [5, 5.41) is 2.93. The Hall–Kier alpha value is -2.34. The predicted octanol–water partition coefficient (Wildman–Crippen LogP) is 9.65. The lowest BCUT2D eigenvalue weighted by Gasteiger charge is -2.22. The molecule has 3 N–H and O–H groups in total. The monoisotopic (exact) mass is 776 g/mol. The molecule has 0 heterocycles. The van der Waals surface area contributed by atoms with E-state index in [1.807, 2.05) is 26.8 Å². The highest BCUT2D eigenvalue weighted by molar-refractivity contribution is 9.10. The SMILES string of the molecule is CC(C)(C)OC(=O)N[C@@H]1CCc2cc(Br)ccc21.CC(C)(C)OC(=O)OC(=O)OC(C)(C)C.Cl.N[C@@H]1CCc2cc(Br)ccc21. The first-order valence-electron chi connectivity index (χ1n) is 14.6. The van der Waals surface area contributed by atoms with Gasteiger partial charge in [0.15, 0.2) is 0 Å². The molecule has 0 saturated heterocycles. The lowest BCUT2D eigenvalue weighted by Crippen LogP contribution is -2.34. The fraction of sp³-hybridized carbons (Fsp3) is 0.545. The second-order valence-corrected chi connectivity index (χ2v) is 15.4. The van der Waals surface area contributed by atoms with Gasteiger partial charge in [0.1, 0.15) is 16.8 Å². The zero-order valence-electron chi connectivity index (χ0n) is 27.5. The molecule has 0 saturated carbocycles. The highest BCUT2D eigenvalue weighted by Crippen LogP contribution is 2.33. The number of hydrogen-bond donors (Lipinski definition) is 2. The molecule has 0 bridgehead atoms. The number of rotatable bonds is 1. The van der Waals surface area contributed by atoms with Crippen molar-refractivity contribution in [2.75, 3.05) is 0 Å². The average molecular weight is 779 g/mol. The molecule has 0 fully saturated rings. The largest absolute Gasteiger partial charge is 0.519 e. The first kappa shape index (κ1) is 40.7. The van der Waals surface area contributed by atoms with Crippen molar-refractivity contribution in [3.8, 4) is 0 Å². The van der Waals surface area contributed by atoms with Crippen LogP contribution in [0.3, 0.4) is 0 Å². The highest BCUT2D eigenvalue weighted by atomic mass is 79.9. The van der Waals surface area contributed by atoms with E-state index < -0.39 is 29.1 Å². The van der Waals surface area contributed by atoms with Crippen molar-refractivity contribution >= 4 is 62.7 Å².